The summed E-state index contributed by atoms with van der Waals surface area (Å²) in [6.45, 7) is 4.07. The van der Waals surface area contributed by atoms with Gasteiger partial charge >= 0.3 is 0 Å². The van der Waals surface area contributed by atoms with Gasteiger partial charge in [-0.1, -0.05) is 6.92 Å². The summed E-state index contributed by atoms with van der Waals surface area (Å²) in [5.74, 6) is 1.94. The molecule has 0 radical (unpaired) electrons. The van der Waals surface area contributed by atoms with Crippen LogP contribution in [0.25, 0.3) is 0 Å². The molecule has 0 heterocycles. The summed E-state index contributed by atoms with van der Waals surface area (Å²) >= 11 is 1.84. The van der Waals surface area contributed by atoms with E-state index in [4.69, 9.17) is 0 Å². The van der Waals surface area contributed by atoms with Gasteiger partial charge in [0.15, 0.2) is 0 Å². The van der Waals surface area contributed by atoms with Gasteiger partial charge in [-0.05, 0) is 37.9 Å². The van der Waals surface area contributed by atoms with Crippen LogP contribution in [-0.4, -0.2) is 35.8 Å². The second-order valence-corrected chi connectivity index (χ2v) is 5.56. The number of nitrogens with one attached hydrogen (secondary N) is 1. The first-order chi connectivity index (χ1) is 6.66. The predicted molar refractivity (Wildman–Crippen MR) is 63.8 cm³/mol. The highest BCUT2D eigenvalue weighted by Crippen LogP contribution is 2.31. The van der Waals surface area contributed by atoms with Crippen LogP contribution in [0.15, 0.2) is 0 Å². The molecule has 14 heavy (non-hydrogen) atoms. The monoisotopic (exact) mass is 217 g/mol. The quantitative estimate of drug-likeness (QED) is 0.690. The minimum atomic E-state index is -0.412. The van der Waals surface area contributed by atoms with Crippen LogP contribution in [0.1, 0.15) is 32.6 Å². The molecule has 0 atom stereocenters. The Balaban J connectivity index is 2.15. The van der Waals surface area contributed by atoms with Crippen molar-refractivity contribution in [2.75, 3.05) is 25.1 Å². The lowest BCUT2D eigenvalue weighted by atomic mass is 9.79. The van der Waals surface area contributed by atoms with E-state index in [1.165, 1.54) is 12.8 Å². The van der Waals surface area contributed by atoms with E-state index in [0.29, 0.717) is 0 Å². The van der Waals surface area contributed by atoms with Gasteiger partial charge < -0.3 is 10.4 Å². The van der Waals surface area contributed by atoms with Crippen LogP contribution >= 0.6 is 11.8 Å². The van der Waals surface area contributed by atoms with E-state index in [2.05, 4.69) is 18.5 Å². The molecule has 3 heteroatoms. The molecule has 1 aliphatic carbocycles. The van der Waals surface area contributed by atoms with Crippen molar-refractivity contribution in [3.05, 3.63) is 0 Å². The predicted octanol–water partition coefficient (Wildman–Crippen LogP) is 1.88. The molecule has 2 nitrogen and oxygen atoms in total. The fourth-order valence-corrected chi connectivity index (χ4v) is 2.32. The molecule has 2 N–H and O–H groups in total. The summed E-state index contributed by atoms with van der Waals surface area (Å²) < 4.78 is 0. The van der Waals surface area contributed by atoms with Crippen molar-refractivity contribution in [2.45, 2.75) is 38.2 Å². The molecule has 0 bridgehead atoms. The van der Waals surface area contributed by atoms with Crippen molar-refractivity contribution in [3.63, 3.8) is 0 Å². The summed E-state index contributed by atoms with van der Waals surface area (Å²) in [5, 5.41) is 13.6. The zero-order valence-electron chi connectivity index (χ0n) is 9.38. The molecule has 1 saturated carbocycles. The SMILES string of the molecule is CSCCNCC1(O)CCC(C)CC1. The van der Waals surface area contributed by atoms with E-state index in [9.17, 15) is 5.11 Å². The fraction of sp³-hybridized carbons (Fsp3) is 1.00. The lowest BCUT2D eigenvalue weighted by Crippen LogP contribution is -2.43. The maximum atomic E-state index is 10.2. The molecular weight excluding hydrogens is 194 g/mol. The topological polar surface area (TPSA) is 32.3 Å². The minimum absolute atomic E-state index is 0.412. The van der Waals surface area contributed by atoms with Crippen LogP contribution in [0.3, 0.4) is 0 Å². The highest BCUT2D eigenvalue weighted by molar-refractivity contribution is 7.98. The molecule has 0 saturated heterocycles. The molecule has 0 spiro atoms. The fourth-order valence-electron chi connectivity index (χ4n) is 1.97. The van der Waals surface area contributed by atoms with Gasteiger partial charge in [0.05, 0.1) is 5.60 Å². The minimum Gasteiger partial charge on any atom is -0.389 e. The Morgan fingerprint density at radius 3 is 2.64 bits per heavy atom. The van der Waals surface area contributed by atoms with Gasteiger partial charge in [-0.25, -0.2) is 0 Å². The van der Waals surface area contributed by atoms with E-state index in [1.54, 1.807) is 0 Å². The highest BCUT2D eigenvalue weighted by Gasteiger charge is 2.30. The van der Waals surface area contributed by atoms with Crippen LogP contribution in [0, 0.1) is 5.92 Å². The van der Waals surface area contributed by atoms with Crippen LogP contribution in [0.4, 0.5) is 0 Å². The maximum Gasteiger partial charge on any atom is 0.0771 e. The van der Waals surface area contributed by atoms with Crippen molar-refractivity contribution in [3.8, 4) is 0 Å². The molecule has 0 aromatic heterocycles. The lowest BCUT2D eigenvalue weighted by Gasteiger charge is -2.35. The van der Waals surface area contributed by atoms with Gasteiger partial charge in [0.25, 0.3) is 0 Å². The Hall–Kier alpha value is 0.270. The maximum absolute atomic E-state index is 10.2. The van der Waals surface area contributed by atoms with Crippen LogP contribution in [-0.2, 0) is 0 Å². The number of hydrogen-bond acceptors (Lipinski definition) is 3. The molecule has 0 amide bonds. The smallest absolute Gasteiger partial charge is 0.0771 e. The van der Waals surface area contributed by atoms with E-state index in [1.807, 2.05) is 11.8 Å². The lowest BCUT2D eigenvalue weighted by molar-refractivity contribution is -0.00556. The summed E-state index contributed by atoms with van der Waals surface area (Å²) in [4.78, 5) is 0. The normalized spacial score (nSPS) is 33.2. The van der Waals surface area contributed by atoms with Crippen LogP contribution < -0.4 is 5.32 Å². The van der Waals surface area contributed by atoms with E-state index >= 15 is 0 Å². The van der Waals surface area contributed by atoms with Gasteiger partial charge in [-0.15, -0.1) is 0 Å². The van der Waals surface area contributed by atoms with Crippen molar-refractivity contribution in [1.82, 2.24) is 5.32 Å². The molecule has 1 fully saturated rings. The molecule has 0 unspecified atom stereocenters. The van der Waals surface area contributed by atoms with Crippen molar-refractivity contribution >= 4 is 11.8 Å². The number of hydrogen-bond donors (Lipinski definition) is 2. The van der Waals surface area contributed by atoms with Crippen molar-refractivity contribution in [1.29, 1.82) is 0 Å². The number of thioether (sulfide) groups is 1. The Labute approximate surface area is 91.9 Å². The first-order valence-corrected chi connectivity index (χ1v) is 6.98. The van der Waals surface area contributed by atoms with Crippen LogP contribution in [0.2, 0.25) is 0 Å². The van der Waals surface area contributed by atoms with Gasteiger partial charge in [-0.2, -0.15) is 11.8 Å². The van der Waals surface area contributed by atoms with E-state index in [0.717, 1.165) is 37.6 Å². The van der Waals surface area contributed by atoms with Gasteiger partial charge in [0, 0.05) is 18.8 Å². The zero-order chi connectivity index (χ0) is 10.4. The Morgan fingerprint density at radius 2 is 2.07 bits per heavy atom. The number of aliphatic hydroxyl groups is 1. The second-order valence-electron chi connectivity index (χ2n) is 4.58. The average Bonchev–Trinajstić information content (AvgIpc) is 2.18. The largest absolute Gasteiger partial charge is 0.389 e. The Kier molecular flexibility index (Phi) is 5.28. The molecule has 1 rings (SSSR count). The molecule has 0 aliphatic heterocycles. The van der Waals surface area contributed by atoms with Crippen molar-refractivity contribution < 1.29 is 5.11 Å². The third-order valence-corrected chi connectivity index (χ3v) is 3.75. The first kappa shape index (κ1) is 12.3. The van der Waals surface area contributed by atoms with Crippen molar-refractivity contribution in [2.24, 2.45) is 5.92 Å². The van der Waals surface area contributed by atoms with E-state index < -0.39 is 5.60 Å². The summed E-state index contributed by atoms with van der Waals surface area (Å²) in [6.07, 6.45) is 6.42. The zero-order valence-corrected chi connectivity index (χ0v) is 10.2. The van der Waals surface area contributed by atoms with Gasteiger partial charge in [-0.3, -0.25) is 0 Å². The summed E-state index contributed by atoms with van der Waals surface area (Å²) in [5.41, 5.74) is -0.412. The standard InChI is InChI=1S/C11H23NOS/c1-10-3-5-11(13,6-4-10)9-12-7-8-14-2/h10,12-13H,3-9H2,1-2H3. The Bertz CT molecular complexity index is 155. The second kappa shape index (κ2) is 5.99. The molecule has 0 aromatic carbocycles. The molecule has 84 valence electrons. The highest BCUT2D eigenvalue weighted by atomic mass is 32.2. The third-order valence-electron chi connectivity index (χ3n) is 3.14. The van der Waals surface area contributed by atoms with Gasteiger partial charge in [0.1, 0.15) is 0 Å². The average molecular weight is 217 g/mol. The summed E-state index contributed by atoms with van der Waals surface area (Å²) in [6, 6.07) is 0. The molecule has 0 aromatic rings. The summed E-state index contributed by atoms with van der Waals surface area (Å²) in [7, 11) is 0. The molecule has 1 aliphatic rings. The number of rotatable bonds is 5. The van der Waals surface area contributed by atoms with Crippen LogP contribution in [0.5, 0.6) is 0 Å². The third kappa shape index (κ3) is 4.20. The molecular formula is C11H23NOS. The van der Waals surface area contributed by atoms with Gasteiger partial charge in [0.2, 0.25) is 0 Å². The van der Waals surface area contributed by atoms with E-state index in [-0.39, 0.29) is 0 Å². The first-order valence-electron chi connectivity index (χ1n) is 5.58. The Morgan fingerprint density at radius 1 is 1.43 bits per heavy atom.